The van der Waals surface area contributed by atoms with E-state index in [0.717, 1.165) is 12.1 Å². The van der Waals surface area contributed by atoms with Crippen LogP contribution in [0.4, 0.5) is 18.9 Å². The van der Waals surface area contributed by atoms with E-state index in [4.69, 9.17) is 0 Å². The normalized spacial score (nSPS) is 14.2. The lowest BCUT2D eigenvalue weighted by atomic mass is 10.2. The average molecular weight is 271 g/mol. The number of ether oxygens (including phenoxy) is 1. The first-order chi connectivity index (χ1) is 8.94. The number of rotatable bonds is 3. The largest absolute Gasteiger partial charge is 0.573 e. The van der Waals surface area contributed by atoms with Gasteiger partial charge in [0, 0.05) is 18.3 Å². The number of amides is 1. The van der Waals surface area contributed by atoms with E-state index in [0.29, 0.717) is 12.1 Å². The van der Waals surface area contributed by atoms with Gasteiger partial charge in [0.2, 0.25) is 0 Å². The van der Waals surface area contributed by atoms with Gasteiger partial charge in [-0.15, -0.1) is 18.3 Å². The molecule has 1 N–H and O–H groups in total. The third-order valence-electron chi connectivity index (χ3n) is 2.15. The number of alkyl halides is 3. The van der Waals surface area contributed by atoms with Crippen LogP contribution in [0.1, 0.15) is 6.42 Å². The van der Waals surface area contributed by atoms with Crippen molar-refractivity contribution in [2.45, 2.75) is 12.8 Å². The molecule has 0 unspecified atom stereocenters. The molecule has 1 heterocycles. The summed E-state index contributed by atoms with van der Waals surface area (Å²) >= 11 is 0. The van der Waals surface area contributed by atoms with Gasteiger partial charge in [-0.2, -0.15) is 5.10 Å². The molecule has 1 aliphatic rings. The van der Waals surface area contributed by atoms with Crippen LogP contribution in [0.3, 0.4) is 0 Å². The summed E-state index contributed by atoms with van der Waals surface area (Å²) in [5, 5.41) is 9.62. The number of anilines is 1. The molecule has 0 aliphatic carbocycles. The molecule has 5 nitrogen and oxygen atoms in total. The van der Waals surface area contributed by atoms with E-state index in [1.165, 1.54) is 18.3 Å². The third kappa shape index (κ3) is 3.80. The maximum Gasteiger partial charge on any atom is 0.573 e. The van der Waals surface area contributed by atoms with Gasteiger partial charge in [-0.05, 0) is 24.3 Å². The highest BCUT2D eigenvalue weighted by Crippen LogP contribution is 2.23. The van der Waals surface area contributed by atoms with Gasteiger partial charge in [-0.1, -0.05) is 0 Å². The second kappa shape index (κ2) is 5.09. The van der Waals surface area contributed by atoms with Crippen LogP contribution in [0.25, 0.3) is 0 Å². The van der Waals surface area contributed by atoms with Gasteiger partial charge in [0.05, 0.1) is 0 Å². The molecule has 0 saturated heterocycles. The molecule has 1 aromatic rings. The standard InChI is InChI=1S/C11H8F3N3O2/c12-11(13,14)19-8-3-1-7(2-4-8)16-10(18)9-5-6-15-17-9/h1-4,6H,5H2,(H,16,18). The number of nitrogens with zero attached hydrogens (tertiary/aromatic N) is 2. The minimum absolute atomic E-state index is 0.246. The molecule has 0 bridgehead atoms. The number of nitrogens with one attached hydrogen (secondary N) is 1. The Bertz CT molecular complexity index is 535. The molecular weight excluding hydrogens is 263 g/mol. The smallest absolute Gasteiger partial charge is 0.406 e. The van der Waals surface area contributed by atoms with Gasteiger partial charge in [0.1, 0.15) is 11.5 Å². The highest BCUT2D eigenvalue weighted by atomic mass is 19.4. The summed E-state index contributed by atoms with van der Waals surface area (Å²) in [4.78, 5) is 11.6. The van der Waals surface area contributed by atoms with Gasteiger partial charge in [-0.25, -0.2) is 0 Å². The van der Waals surface area contributed by atoms with E-state index in [1.807, 2.05) is 0 Å². The van der Waals surface area contributed by atoms with Crippen molar-refractivity contribution in [2.75, 3.05) is 5.32 Å². The molecule has 1 amide bonds. The quantitative estimate of drug-likeness (QED) is 0.917. The van der Waals surface area contributed by atoms with Crippen molar-refractivity contribution in [1.82, 2.24) is 0 Å². The zero-order chi connectivity index (χ0) is 13.9. The Balaban J connectivity index is 1.97. The lowest BCUT2D eigenvalue weighted by Crippen LogP contribution is -2.21. The highest BCUT2D eigenvalue weighted by Gasteiger charge is 2.30. The maximum atomic E-state index is 11.9. The van der Waals surface area contributed by atoms with Gasteiger partial charge in [-0.3, -0.25) is 4.79 Å². The zero-order valence-electron chi connectivity index (χ0n) is 9.44. The van der Waals surface area contributed by atoms with Crippen molar-refractivity contribution >= 4 is 23.5 Å². The maximum absolute atomic E-state index is 11.9. The predicted molar refractivity (Wildman–Crippen MR) is 62.3 cm³/mol. The SMILES string of the molecule is O=C(Nc1ccc(OC(F)(F)F)cc1)C1=NN=CC1. The van der Waals surface area contributed by atoms with Crippen LogP contribution in [-0.2, 0) is 4.79 Å². The molecule has 0 fully saturated rings. The van der Waals surface area contributed by atoms with E-state index >= 15 is 0 Å². The second-order valence-electron chi connectivity index (χ2n) is 3.58. The first-order valence-corrected chi connectivity index (χ1v) is 5.19. The Morgan fingerprint density at radius 2 is 1.95 bits per heavy atom. The topological polar surface area (TPSA) is 63.0 Å². The van der Waals surface area contributed by atoms with Crippen LogP contribution in [0, 0.1) is 0 Å². The minimum atomic E-state index is -4.74. The molecular formula is C11H8F3N3O2. The van der Waals surface area contributed by atoms with Crippen molar-refractivity contribution in [3.8, 4) is 5.75 Å². The summed E-state index contributed by atoms with van der Waals surface area (Å²) in [6, 6.07) is 4.82. The van der Waals surface area contributed by atoms with E-state index in [-0.39, 0.29) is 11.5 Å². The first-order valence-electron chi connectivity index (χ1n) is 5.19. The monoisotopic (exact) mass is 271 g/mol. The second-order valence-corrected chi connectivity index (χ2v) is 3.58. The van der Waals surface area contributed by atoms with Crippen LogP contribution < -0.4 is 10.1 Å². The predicted octanol–water partition coefficient (Wildman–Crippen LogP) is 2.35. The molecule has 1 aliphatic heterocycles. The summed E-state index contributed by atoms with van der Waals surface area (Å²) in [5.41, 5.74) is 0.588. The van der Waals surface area contributed by atoms with Crippen LogP contribution in [0.2, 0.25) is 0 Å². The Hall–Kier alpha value is -2.38. The van der Waals surface area contributed by atoms with Crippen molar-refractivity contribution in [3.63, 3.8) is 0 Å². The van der Waals surface area contributed by atoms with E-state index in [2.05, 4.69) is 20.3 Å². The summed E-state index contributed by atoms with van der Waals surface area (Å²) in [6.45, 7) is 0. The number of carbonyl (C=O) groups is 1. The summed E-state index contributed by atoms with van der Waals surface area (Å²) in [6.07, 6.45) is -2.92. The van der Waals surface area contributed by atoms with E-state index in [1.54, 1.807) is 0 Å². The Labute approximate surface area is 105 Å². The van der Waals surface area contributed by atoms with Gasteiger partial charge >= 0.3 is 6.36 Å². The van der Waals surface area contributed by atoms with Crippen LogP contribution >= 0.6 is 0 Å². The van der Waals surface area contributed by atoms with Crippen LogP contribution in [0.5, 0.6) is 5.75 Å². The van der Waals surface area contributed by atoms with Gasteiger partial charge < -0.3 is 10.1 Å². The fraction of sp³-hybridized carbons (Fsp3) is 0.182. The van der Waals surface area contributed by atoms with Crippen molar-refractivity contribution in [2.24, 2.45) is 10.2 Å². The lowest BCUT2D eigenvalue weighted by Gasteiger charge is -2.09. The van der Waals surface area contributed by atoms with Crippen LogP contribution in [-0.4, -0.2) is 24.2 Å². The molecule has 1 aromatic carbocycles. The van der Waals surface area contributed by atoms with Gasteiger partial charge in [0.15, 0.2) is 0 Å². The van der Waals surface area contributed by atoms with Crippen LogP contribution in [0.15, 0.2) is 34.5 Å². The molecule has 100 valence electrons. The third-order valence-corrected chi connectivity index (χ3v) is 2.15. The summed E-state index contributed by atoms with van der Waals surface area (Å²) in [7, 11) is 0. The molecule has 0 saturated carbocycles. The Morgan fingerprint density at radius 1 is 1.26 bits per heavy atom. The zero-order valence-corrected chi connectivity index (χ0v) is 9.44. The molecule has 2 rings (SSSR count). The minimum Gasteiger partial charge on any atom is -0.406 e. The first kappa shape index (κ1) is 13.1. The number of hydrogen-bond acceptors (Lipinski definition) is 4. The average Bonchev–Trinajstić information content (AvgIpc) is 2.83. The molecule has 0 atom stereocenters. The van der Waals surface area contributed by atoms with Crippen molar-refractivity contribution in [1.29, 1.82) is 0 Å². The molecule has 19 heavy (non-hydrogen) atoms. The molecule has 0 aromatic heterocycles. The van der Waals surface area contributed by atoms with Crippen molar-refractivity contribution < 1.29 is 22.7 Å². The number of benzene rings is 1. The fourth-order valence-electron chi connectivity index (χ4n) is 1.36. The Morgan fingerprint density at radius 3 is 2.47 bits per heavy atom. The Kier molecular flexibility index (Phi) is 3.50. The number of carbonyl (C=O) groups excluding carboxylic acids is 1. The van der Waals surface area contributed by atoms with Crippen molar-refractivity contribution in [3.05, 3.63) is 24.3 Å². The fourth-order valence-corrected chi connectivity index (χ4v) is 1.36. The molecule has 0 spiro atoms. The highest BCUT2D eigenvalue weighted by molar-refractivity contribution is 6.45. The van der Waals surface area contributed by atoms with Gasteiger partial charge in [0.25, 0.3) is 5.91 Å². The summed E-state index contributed by atoms with van der Waals surface area (Å²) < 4.78 is 39.5. The number of halogens is 3. The van der Waals surface area contributed by atoms with E-state index in [9.17, 15) is 18.0 Å². The number of hydrogen-bond donors (Lipinski definition) is 1. The van der Waals surface area contributed by atoms with E-state index < -0.39 is 12.3 Å². The lowest BCUT2D eigenvalue weighted by molar-refractivity contribution is -0.274. The summed E-state index contributed by atoms with van der Waals surface area (Å²) in [5.74, 6) is -0.797. The molecule has 0 radical (unpaired) electrons. The molecule has 8 heteroatoms.